The van der Waals surface area contributed by atoms with Crippen molar-refractivity contribution in [1.29, 1.82) is 0 Å². The highest BCUT2D eigenvalue weighted by Crippen LogP contribution is 2.25. The summed E-state index contributed by atoms with van der Waals surface area (Å²) in [7, 11) is 3.98. The summed E-state index contributed by atoms with van der Waals surface area (Å²) in [4.78, 5) is 20.7. The van der Waals surface area contributed by atoms with Gasteiger partial charge in [0.25, 0.3) is 5.91 Å². The number of amides is 1. The zero-order valence-corrected chi connectivity index (χ0v) is 12.8. The highest BCUT2D eigenvalue weighted by Gasteiger charge is 2.37. The van der Waals surface area contributed by atoms with Crippen LogP contribution in [0.4, 0.5) is 0 Å². The zero-order chi connectivity index (χ0) is 15.4. The standard InChI is InChI=1S/C15H23N3O3/c1-4-21-14-13(6-5-7-16-14)15(20)18-9-11(17(2)3)8-12(18)10-19/h5-7,11-12,19H,4,8-10H2,1-3H3/t11-,12+/m1/s1. The maximum absolute atomic E-state index is 12.8. The first-order valence-corrected chi connectivity index (χ1v) is 7.24. The lowest BCUT2D eigenvalue weighted by Crippen LogP contribution is -2.39. The number of rotatable bonds is 5. The number of pyridine rings is 1. The number of aliphatic hydroxyl groups excluding tert-OH is 1. The average Bonchev–Trinajstić information content (AvgIpc) is 2.92. The Labute approximate surface area is 125 Å². The minimum Gasteiger partial charge on any atom is -0.477 e. The third-order valence-electron chi connectivity index (χ3n) is 3.88. The van der Waals surface area contributed by atoms with Gasteiger partial charge in [-0.05, 0) is 39.6 Å². The Balaban J connectivity index is 2.23. The van der Waals surface area contributed by atoms with Crippen molar-refractivity contribution in [3.63, 3.8) is 0 Å². The Morgan fingerprint density at radius 2 is 2.33 bits per heavy atom. The second-order valence-electron chi connectivity index (χ2n) is 5.44. The van der Waals surface area contributed by atoms with E-state index in [0.29, 0.717) is 24.6 Å². The van der Waals surface area contributed by atoms with E-state index < -0.39 is 0 Å². The van der Waals surface area contributed by atoms with Gasteiger partial charge in [-0.3, -0.25) is 4.79 Å². The number of ether oxygens (including phenoxy) is 1. The van der Waals surface area contributed by atoms with Crippen LogP contribution in [0.1, 0.15) is 23.7 Å². The predicted molar refractivity (Wildman–Crippen MR) is 79.4 cm³/mol. The lowest BCUT2D eigenvalue weighted by molar-refractivity contribution is 0.0668. The second kappa shape index (κ2) is 6.87. The van der Waals surface area contributed by atoms with Gasteiger partial charge in [0.2, 0.25) is 5.88 Å². The second-order valence-corrected chi connectivity index (χ2v) is 5.44. The molecule has 1 aliphatic rings. The van der Waals surface area contributed by atoms with Gasteiger partial charge in [-0.2, -0.15) is 0 Å². The summed E-state index contributed by atoms with van der Waals surface area (Å²) in [6.45, 7) is 2.90. The zero-order valence-electron chi connectivity index (χ0n) is 12.8. The van der Waals surface area contributed by atoms with Crippen molar-refractivity contribution in [2.45, 2.75) is 25.4 Å². The number of likely N-dealkylation sites (N-methyl/N-ethyl adjacent to an activating group) is 1. The number of aliphatic hydroxyl groups is 1. The lowest BCUT2D eigenvalue weighted by atomic mass is 10.1. The van der Waals surface area contributed by atoms with Gasteiger partial charge in [0, 0.05) is 18.8 Å². The molecule has 0 radical (unpaired) electrons. The average molecular weight is 293 g/mol. The molecule has 0 saturated carbocycles. The van der Waals surface area contributed by atoms with Gasteiger partial charge in [-0.1, -0.05) is 0 Å². The lowest BCUT2D eigenvalue weighted by Gasteiger charge is -2.24. The molecular weight excluding hydrogens is 270 g/mol. The molecule has 6 nitrogen and oxygen atoms in total. The number of hydrogen-bond acceptors (Lipinski definition) is 5. The smallest absolute Gasteiger partial charge is 0.259 e. The first kappa shape index (κ1) is 15.7. The van der Waals surface area contributed by atoms with Crippen molar-refractivity contribution < 1.29 is 14.6 Å². The van der Waals surface area contributed by atoms with Crippen LogP contribution >= 0.6 is 0 Å². The van der Waals surface area contributed by atoms with Gasteiger partial charge in [0.1, 0.15) is 5.56 Å². The molecule has 1 amide bonds. The fourth-order valence-electron chi connectivity index (χ4n) is 2.65. The Bertz CT molecular complexity index is 493. The summed E-state index contributed by atoms with van der Waals surface area (Å²) in [5.74, 6) is 0.227. The van der Waals surface area contributed by atoms with E-state index >= 15 is 0 Å². The van der Waals surface area contributed by atoms with E-state index in [-0.39, 0.29) is 24.6 Å². The van der Waals surface area contributed by atoms with Gasteiger partial charge >= 0.3 is 0 Å². The van der Waals surface area contributed by atoms with E-state index in [1.165, 1.54) is 0 Å². The molecule has 1 saturated heterocycles. The maximum Gasteiger partial charge on any atom is 0.259 e. The fourth-order valence-corrected chi connectivity index (χ4v) is 2.65. The number of likely N-dealkylation sites (tertiary alicyclic amines) is 1. The monoisotopic (exact) mass is 293 g/mol. The number of carbonyl (C=O) groups is 1. The minimum atomic E-state index is -0.153. The van der Waals surface area contributed by atoms with E-state index in [9.17, 15) is 9.90 Å². The first-order valence-electron chi connectivity index (χ1n) is 7.24. The summed E-state index contributed by atoms with van der Waals surface area (Å²) in [5.41, 5.74) is 0.456. The summed E-state index contributed by atoms with van der Waals surface area (Å²) >= 11 is 0. The number of carbonyl (C=O) groups excluding carboxylic acids is 1. The SMILES string of the molecule is CCOc1ncccc1C(=O)N1C[C@H](N(C)C)C[C@H]1CO. The van der Waals surface area contributed by atoms with Gasteiger partial charge in [-0.25, -0.2) is 4.98 Å². The summed E-state index contributed by atoms with van der Waals surface area (Å²) in [6.07, 6.45) is 2.39. The Kier molecular flexibility index (Phi) is 5.14. The highest BCUT2D eigenvalue weighted by molar-refractivity contribution is 5.96. The van der Waals surface area contributed by atoms with Crippen LogP contribution in [0.5, 0.6) is 5.88 Å². The van der Waals surface area contributed by atoms with Gasteiger partial charge in [0.05, 0.1) is 19.3 Å². The number of nitrogens with zero attached hydrogens (tertiary/aromatic N) is 3. The third-order valence-corrected chi connectivity index (χ3v) is 3.88. The molecule has 0 unspecified atom stereocenters. The fraction of sp³-hybridized carbons (Fsp3) is 0.600. The Morgan fingerprint density at radius 3 is 2.95 bits per heavy atom. The normalized spacial score (nSPS) is 21.9. The molecule has 0 bridgehead atoms. The molecule has 2 heterocycles. The van der Waals surface area contributed by atoms with Gasteiger partial charge in [0.15, 0.2) is 0 Å². The first-order chi connectivity index (χ1) is 10.1. The van der Waals surface area contributed by atoms with Crippen molar-refractivity contribution in [3.8, 4) is 5.88 Å². The molecule has 21 heavy (non-hydrogen) atoms. The largest absolute Gasteiger partial charge is 0.477 e. The van der Waals surface area contributed by atoms with E-state index in [2.05, 4.69) is 9.88 Å². The van der Waals surface area contributed by atoms with E-state index in [1.807, 2.05) is 21.0 Å². The van der Waals surface area contributed by atoms with Crippen molar-refractivity contribution in [2.24, 2.45) is 0 Å². The van der Waals surface area contributed by atoms with E-state index in [4.69, 9.17) is 4.74 Å². The highest BCUT2D eigenvalue weighted by atomic mass is 16.5. The Hall–Kier alpha value is -1.66. The molecule has 1 aliphatic heterocycles. The number of hydrogen-bond donors (Lipinski definition) is 1. The van der Waals surface area contributed by atoms with Crippen LogP contribution in [0.25, 0.3) is 0 Å². The van der Waals surface area contributed by atoms with Crippen LogP contribution in [0, 0.1) is 0 Å². The Morgan fingerprint density at radius 1 is 1.57 bits per heavy atom. The molecule has 2 atom stereocenters. The number of aromatic nitrogens is 1. The predicted octanol–water partition coefficient (Wildman–Crippen LogP) is 0.617. The molecule has 6 heteroatoms. The molecule has 1 N–H and O–H groups in total. The maximum atomic E-state index is 12.8. The summed E-state index contributed by atoms with van der Waals surface area (Å²) in [6, 6.07) is 3.55. The molecule has 2 rings (SSSR count). The molecule has 0 spiro atoms. The van der Waals surface area contributed by atoms with Crippen molar-refractivity contribution in [2.75, 3.05) is 33.9 Å². The van der Waals surface area contributed by atoms with Gasteiger partial charge in [-0.15, -0.1) is 0 Å². The van der Waals surface area contributed by atoms with Crippen LogP contribution in [-0.2, 0) is 0 Å². The third kappa shape index (κ3) is 3.33. The van der Waals surface area contributed by atoms with Crippen LogP contribution in [0.3, 0.4) is 0 Å². The van der Waals surface area contributed by atoms with Crippen LogP contribution in [-0.4, -0.2) is 71.7 Å². The molecule has 0 aliphatic carbocycles. The van der Waals surface area contributed by atoms with Gasteiger partial charge < -0.3 is 19.6 Å². The summed E-state index contributed by atoms with van der Waals surface area (Å²) < 4.78 is 5.43. The van der Waals surface area contributed by atoms with Crippen LogP contribution in [0.15, 0.2) is 18.3 Å². The van der Waals surface area contributed by atoms with Crippen molar-refractivity contribution in [3.05, 3.63) is 23.9 Å². The van der Waals surface area contributed by atoms with Crippen LogP contribution < -0.4 is 4.74 Å². The minimum absolute atomic E-state index is 0.0275. The van der Waals surface area contributed by atoms with E-state index in [0.717, 1.165) is 6.42 Å². The topological polar surface area (TPSA) is 65.9 Å². The summed E-state index contributed by atoms with van der Waals surface area (Å²) in [5, 5.41) is 9.55. The molecule has 1 fully saturated rings. The molecule has 0 aromatic carbocycles. The molecule has 116 valence electrons. The molecule has 1 aromatic heterocycles. The molecule has 1 aromatic rings. The molecular formula is C15H23N3O3. The van der Waals surface area contributed by atoms with Crippen molar-refractivity contribution >= 4 is 5.91 Å². The van der Waals surface area contributed by atoms with Crippen LogP contribution in [0.2, 0.25) is 0 Å². The quantitative estimate of drug-likeness (QED) is 0.862. The van der Waals surface area contributed by atoms with E-state index in [1.54, 1.807) is 23.2 Å². The van der Waals surface area contributed by atoms with Crippen molar-refractivity contribution in [1.82, 2.24) is 14.8 Å².